The molecule has 2 aliphatic rings. The first-order chi connectivity index (χ1) is 9.36. The Morgan fingerprint density at radius 2 is 2.00 bits per heavy atom. The van der Waals surface area contributed by atoms with Crippen molar-refractivity contribution in [1.82, 2.24) is 15.1 Å². The number of nitrogens with one attached hydrogen (secondary N) is 1. The van der Waals surface area contributed by atoms with Gasteiger partial charge < -0.3 is 15.1 Å². The van der Waals surface area contributed by atoms with Gasteiger partial charge in [0.1, 0.15) is 11.6 Å². The highest BCUT2D eigenvalue weighted by atomic mass is 16.2. The number of carbonyl (C=O) groups is 2. The maximum absolute atomic E-state index is 12.6. The lowest BCUT2D eigenvalue weighted by atomic mass is 9.93. The molecule has 0 saturated carbocycles. The van der Waals surface area contributed by atoms with Crippen molar-refractivity contribution in [3.63, 3.8) is 0 Å². The quantitative estimate of drug-likeness (QED) is 0.839. The summed E-state index contributed by atoms with van der Waals surface area (Å²) in [4.78, 5) is 29.0. The smallest absolute Gasteiger partial charge is 0.248 e. The van der Waals surface area contributed by atoms with Gasteiger partial charge >= 0.3 is 0 Å². The molecule has 1 N–H and O–H groups in total. The number of likely N-dealkylation sites (N-methyl/N-ethyl adjacent to an activating group) is 1. The van der Waals surface area contributed by atoms with Crippen LogP contribution >= 0.6 is 0 Å². The lowest BCUT2D eigenvalue weighted by Crippen LogP contribution is -2.69. The zero-order valence-corrected chi connectivity index (χ0v) is 13.1. The third-order valence-corrected chi connectivity index (χ3v) is 4.63. The van der Waals surface area contributed by atoms with Crippen LogP contribution < -0.4 is 5.32 Å². The van der Waals surface area contributed by atoms with Crippen molar-refractivity contribution in [3.05, 3.63) is 0 Å². The maximum Gasteiger partial charge on any atom is 0.248 e. The Bertz CT molecular complexity index is 395. The monoisotopic (exact) mass is 281 g/mol. The highest BCUT2D eigenvalue weighted by Gasteiger charge is 2.45. The highest BCUT2D eigenvalue weighted by molar-refractivity contribution is 5.99. The Kier molecular flexibility index (Phi) is 4.37. The lowest BCUT2D eigenvalue weighted by molar-refractivity contribution is -0.154. The standard InChI is InChI=1S/C15H27N3O2/c1-5-12-13(19)16-15(2,3)14(20)18(12)10-11-8-6-7-9-17(11)4/h11-12H,5-10H2,1-4H3,(H,16,19). The van der Waals surface area contributed by atoms with Crippen LogP contribution in [0.2, 0.25) is 0 Å². The second-order valence-corrected chi connectivity index (χ2v) is 6.63. The summed E-state index contributed by atoms with van der Waals surface area (Å²) in [6.07, 6.45) is 4.22. The van der Waals surface area contributed by atoms with E-state index in [1.807, 2.05) is 11.8 Å². The third kappa shape index (κ3) is 2.82. The fraction of sp³-hybridized carbons (Fsp3) is 0.867. The van der Waals surface area contributed by atoms with Crippen molar-refractivity contribution in [2.24, 2.45) is 0 Å². The molecule has 5 heteroatoms. The van der Waals surface area contributed by atoms with Crippen LogP contribution in [0.3, 0.4) is 0 Å². The normalized spacial score (nSPS) is 31.3. The van der Waals surface area contributed by atoms with E-state index in [4.69, 9.17) is 0 Å². The van der Waals surface area contributed by atoms with Crippen molar-refractivity contribution in [3.8, 4) is 0 Å². The molecule has 0 aromatic heterocycles. The molecule has 0 spiro atoms. The molecule has 2 fully saturated rings. The Hall–Kier alpha value is -1.10. The van der Waals surface area contributed by atoms with Gasteiger partial charge in [0.25, 0.3) is 0 Å². The topological polar surface area (TPSA) is 52.7 Å². The van der Waals surface area contributed by atoms with Crippen LogP contribution in [0.25, 0.3) is 0 Å². The fourth-order valence-corrected chi connectivity index (χ4v) is 3.30. The van der Waals surface area contributed by atoms with Gasteiger partial charge in [0.2, 0.25) is 11.8 Å². The number of piperazine rings is 1. The minimum absolute atomic E-state index is 0.0180. The van der Waals surface area contributed by atoms with E-state index in [0.29, 0.717) is 19.0 Å². The second-order valence-electron chi connectivity index (χ2n) is 6.63. The molecule has 114 valence electrons. The number of piperidine rings is 1. The van der Waals surface area contributed by atoms with E-state index >= 15 is 0 Å². The van der Waals surface area contributed by atoms with Gasteiger partial charge in [0.15, 0.2) is 0 Å². The molecule has 0 aromatic carbocycles. The van der Waals surface area contributed by atoms with Gasteiger partial charge in [-0.3, -0.25) is 9.59 Å². The van der Waals surface area contributed by atoms with Crippen molar-refractivity contribution in [2.45, 2.75) is 64.1 Å². The maximum atomic E-state index is 12.6. The van der Waals surface area contributed by atoms with Gasteiger partial charge in [0, 0.05) is 12.6 Å². The van der Waals surface area contributed by atoms with Crippen LogP contribution in [0.5, 0.6) is 0 Å². The fourth-order valence-electron chi connectivity index (χ4n) is 3.30. The van der Waals surface area contributed by atoms with Gasteiger partial charge in [0.05, 0.1) is 0 Å². The zero-order chi connectivity index (χ0) is 14.9. The van der Waals surface area contributed by atoms with Crippen molar-refractivity contribution < 1.29 is 9.59 Å². The van der Waals surface area contributed by atoms with Crippen molar-refractivity contribution in [2.75, 3.05) is 20.1 Å². The second kappa shape index (κ2) is 5.72. The number of amides is 2. The molecule has 2 rings (SSSR count). The third-order valence-electron chi connectivity index (χ3n) is 4.63. The molecule has 2 atom stereocenters. The minimum Gasteiger partial charge on any atom is -0.340 e. The predicted octanol–water partition coefficient (Wildman–Crippen LogP) is 0.986. The van der Waals surface area contributed by atoms with E-state index in [9.17, 15) is 9.59 Å². The molecule has 2 unspecified atom stereocenters. The van der Waals surface area contributed by atoms with E-state index in [1.54, 1.807) is 13.8 Å². The van der Waals surface area contributed by atoms with E-state index in [1.165, 1.54) is 12.8 Å². The molecule has 0 radical (unpaired) electrons. The summed E-state index contributed by atoms with van der Waals surface area (Å²) in [6.45, 7) is 7.30. The summed E-state index contributed by atoms with van der Waals surface area (Å²) >= 11 is 0. The van der Waals surface area contributed by atoms with E-state index in [-0.39, 0.29) is 17.9 Å². The van der Waals surface area contributed by atoms with Gasteiger partial charge in [-0.15, -0.1) is 0 Å². The minimum atomic E-state index is -0.782. The summed E-state index contributed by atoms with van der Waals surface area (Å²) in [5.74, 6) is 0.0264. The SMILES string of the molecule is CCC1C(=O)NC(C)(C)C(=O)N1CC1CCCCN1C. The molecular formula is C15H27N3O2. The van der Waals surface area contributed by atoms with E-state index in [2.05, 4.69) is 17.3 Å². The Morgan fingerprint density at radius 3 is 2.60 bits per heavy atom. The molecule has 2 saturated heterocycles. The first-order valence-electron chi connectivity index (χ1n) is 7.70. The molecule has 0 bridgehead atoms. The van der Waals surface area contributed by atoms with Crippen molar-refractivity contribution in [1.29, 1.82) is 0 Å². The summed E-state index contributed by atoms with van der Waals surface area (Å²) in [5, 5.41) is 2.84. The molecule has 0 aliphatic carbocycles. The Labute approximate surface area is 121 Å². The lowest BCUT2D eigenvalue weighted by Gasteiger charge is -2.45. The molecule has 20 heavy (non-hydrogen) atoms. The highest BCUT2D eigenvalue weighted by Crippen LogP contribution is 2.23. The Morgan fingerprint density at radius 1 is 1.30 bits per heavy atom. The average molecular weight is 281 g/mol. The average Bonchev–Trinajstić information content (AvgIpc) is 2.38. The van der Waals surface area contributed by atoms with Crippen LogP contribution in [0.1, 0.15) is 46.5 Å². The Balaban J connectivity index is 2.16. The molecule has 2 heterocycles. The number of hydrogen-bond acceptors (Lipinski definition) is 3. The van der Waals surface area contributed by atoms with Gasteiger partial charge in [-0.1, -0.05) is 13.3 Å². The van der Waals surface area contributed by atoms with Crippen LogP contribution in [0.15, 0.2) is 0 Å². The van der Waals surface area contributed by atoms with Crippen LogP contribution in [-0.2, 0) is 9.59 Å². The number of likely N-dealkylation sites (tertiary alicyclic amines) is 1. The zero-order valence-electron chi connectivity index (χ0n) is 13.1. The number of carbonyl (C=O) groups excluding carboxylic acids is 2. The van der Waals surface area contributed by atoms with E-state index < -0.39 is 5.54 Å². The van der Waals surface area contributed by atoms with Crippen LogP contribution in [-0.4, -0.2) is 59.4 Å². The van der Waals surface area contributed by atoms with Crippen molar-refractivity contribution >= 4 is 11.8 Å². The summed E-state index contributed by atoms with van der Waals surface area (Å²) < 4.78 is 0. The molecule has 2 aliphatic heterocycles. The van der Waals surface area contributed by atoms with Crippen LogP contribution in [0.4, 0.5) is 0 Å². The summed E-state index contributed by atoms with van der Waals surface area (Å²) in [6, 6.07) is 0.0642. The summed E-state index contributed by atoms with van der Waals surface area (Å²) in [5.41, 5.74) is -0.782. The molecule has 2 amide bonds. The van der Waals surface area contributed by atoms with Crippen LogP contribution in [0, 0.1) is 0 Å². The number of rotatable bonds is 3. The molecule has 0 aromatic rings. The van der Waals surface area contributed by atoms with E-state index in [0.717, 1.165) is 13.0 Å². The first kappa shape index (κ1) is 15.3. The summed E-state index contributed by atoms with van der Waals surface area (Å²) in [7, 11) is 2.12. The number of nitrogens with zero attached hydrogens (tertiary/aromatic N) is 2. The molecular weight excluding hydrogens is 254 g/mol. The first-order valence-corrected chi connectivity index (χ1v) is 7.70. The van der Waals surface area contributed by atoms with Gasteiger partial charge in [-0.2, -0.15) is 0 Å². The van der Waals surface area contributed by atoms with Gasteiger partial charge in [-0.25, -0.2) is 0 Å². The predicted molar refractivity (Wildman–Crippen MR) is 78.3 cm³/mol. The molecule has 5 nitrogen and oxygen atoms in total. The number of hydrogen-bond donors (Lipinski definition) is 1. The van der Waals surface area contributed by atoms with Gasteiger partial charge in [-0.05, 0) is 46.7 Å². The largest absolute Gasteiger partial charge is 0.340 e.